The number of nitrogens with zero attached hydrogens (tertiary/aromatic N) is 1. The van der Waals surface area contributed by atoms with Crippen LogP contribution in [0.2, 0.25) is 0 Å². The standard InChI is InChI=1S/C10H18N2O3/c1-7-3-4-12(6-9(7)14)10(15)5-11-8(2)13/h7,9,14H,3-6H2,1-2H3,(H,11,13). The zero-order valence-corrected chi connectivity index (χ0v) is 9.19. The number of nitrogens with one attached hydrogen (secondary N) is 1. The van der Waals surface area contributed by atoms with E-state index in [1.54, 1.807) is 4.90 Å². The molecule has 2 atom stereocenters. The fourth-order valence-electron chi connectivity index (χ4n) is 1.59. The van der Waals surface area contributed by atoms with Crippen LogP contribution in [0, 0.1) is 5.92 Å². The molecule has 1 heterocycles. The quantitative estimate of drug-likeness (QED) is 0.642. The van der Waals surface area contributed by atoms with Crippen molar-refractivity contribution < 1.29 is 14.7 Å². The molecule has 0 aromatic heterocycles. The van der Waals surface area contributed by atoms with E-state index < -0.39 is 6.10 Å². The normalized spacial score (nSPS) is 26.2. The van der Waals surface area contributed by atoms with Gasteiger partial charge < -0.3 is 15.3 Å². The minimum Gasteiger partial charge on any atom is -0.391 e. The first kappa shape index (κ1) is 12.0. The zero-order chi connectivity index (χ0) is 11.4. The number of β-amino-alcohol motifs (C(OH)–C–C–N with tert-alkyl or cyclic N) is 1. The molecule has 0 spiro atoms. The summed E-state index contributed by atoms with van der Waals surface area (Å²) in [6, 6.07) is 0. The number of carbonyl (C=O) groups excluding carboxylic acids is 2. The van der Waals surface area contributed by atoms with Crippen molar-refractivity contribution >= 4 is 11.8 Å². The molecule has 0 bridgehead atoms. The van der Waals surface area contributed by atoms with Gasteiger partial charge in [-0.05, 0) is 12.3 Å². The number of piperidine rings is 1. The summed E-state index contributed by atoms with van der Waals surface area (Å²) in [7, 11) is 0. The molecule has 2 unspecified atom stereocenters. The Hall–Kier alpha value is -1.10. The van der Waals surface area contributed by atoms with Crippen molar-refractivity contribution in [2.45, 2.75) is 26.4 Å². The fraction of sp³-hybridized carbons (Fsp3) is 0.800. The van der Waals surface area contributed by atoms with Crippen LogP contribution in [0.15, 0.2) is 0 Å². The van der Waals surface area contributed by atoms with Crippen LogP contribution < -0.4 is 5.32 Å². The number of amides is 2. The lowest BCUT2D eigenvalue weighted by atomic mass is 9.96. The molecular weight excluding hydrogens is 196 g/mol. The van der Waals surface area contributed by atoms with Gasteiger partial charge in [0.15, 0.2) is 0 Å². The molecule has 0 saturated carbocycles. The molecule has 0 aromatic carbocycles. The highest BCUT2D eigenvalue weighted by molar-refractivity contribution is 5.83. The summed E-state index contributed by atoms with van der Waals surface area (Å²) in [6.45, 7) is 4.41. The summed E-state index contributed by atoms with van der Waals surface area (Å²) < 4.78 is 0. The second-order valence-electron chi connectivity index (χ2n) is 4.08. The lowest BCUT2D eigenvalue weighted by Gasteiger charge is -2.34. The maximum absolute atomic E-state index is 11.6. The average Bonchev–Trinajstić information content (AvgIpc) is 2.18. The third-order valence-corrected chi connectivity index (χ3v) is 2.76. The van der Waals surface area contributed by atoms with E-state index in [4.69, 9.17) is 0 Å². The Morgan fingerprint density at radius 1 is 1.53 bits per heavy atom. The van der Waals surface area contributed by atoms with Crippen LogP contribution in [0.25, 0.3) is 0 Å². The molecule has 1 aliphatic heterocycles. The van der Waals surface area contributed by atoms with E-state index in [9.17, 15) is 14.7 Å². The van der Waals surface area contributed by atoms with Gasteiger partial charge in [-0.2, -0.15) is 0 Å². The van der Waals surface area contributed by atoms with Crippen molar-refractivity contribution in [2.24, 2.45) is 5.92 Å². The third-order valence-electron chi connectivity index (χ3n) is 2.76. The Labute approximate surface area is 89.4 Å². The number of rotatable bonds is 2. The summed E-state index contributed by atoms with van der Waals surface area (Å²) in [5, 5.41) is 12.1. The summed E-state index contributed by atoms with van der Waals surface area (Å²) in [4.78, 5) is 23.8. The predicted molar refractivity (Wildman–Crippen MR) is 55.1 cm³/mol. The van der Waals surface area contributed by atoms with Crippen LogP contribution in [0.1, 0.15) is 20.3 Å². The number of aliphatic hydroxyl groups excluding tert-OH is 1. The van der Waals surface area contributed by atoms with Gasteiger partial charge in [0.05, 0.1) is 12.6 Å². The van der Waals surface area contributed by atoms with E-state index in [2.05, 4.69) is 5.32 Å². The van der Waals surface area contributed by atoms with Gasteiger partial charge in [0.25, 0.3) is 0 Å². The predicted octanol–water partition coefficient (Wildman–Crippen LogP) is -0.648. The first-order chi connectivity index (χ1) is 7.00. The van der Waals surface area contributed by atoms with Crippen molar-refractivity contribution in [1.82, 2.24) is 10.2 Å². The Bertz CT molecular complexity index is 255. The molecule has 0 aliphatic carbocycles. The lowest BCUT2D eigenvalue weighted by molar-refractivity contribution is -0.136. The highest BCUT2D eigenvalue weighted by Crippen LogP contribution is 2.16. The van der Waals surface area contributed by atoms with Gasteiger partial charge in [-0.3, -0.25) is 9.59 Å². The first-order valence-electron chi connectivity index (χ1n) is 5.21. The number of hydrogen-bond acceptors (Lipinski definition) is 3. The molecule has 0 radical (unpaired) electrons. The fourth-order valence-corrected chi connectivity index (χ4v) is 1.59. The Kier molecular flexibility index (Phi) is 4.08. The topological polar surface area (TPSA) is 69.6 Å². The van der Waals surface area contributed by atoms with Crippen molar-refractivity contribution in [3.05, 3.63) is 0 Å². The number of likely N-dealkylation sites (tertiary alicyclic amines) is 1. The molecule has 5 nitrogen and oxygen atoms in total. The second-order valence-corrected chi connectivity index (χ2v) is 4.08. The second kappa shape index (κ2) is 5.11. The van der Waals surface area contributed by atoms with Crippen molar-refractivity contribution in [3.8, 4) is 0 Å². The van der Waals surface area contributed by atoms with E-state index in [0.717, 1.165) is 6.42 Å². The zero-order valence-electron chi connectivity index (χ0n) is 9.19. The maximum Gasteiger partial charge on any atom is 0.242 e. The molecule has 0 aromatic rings. The average molecular weight is 214 g/mol. The van der Waals surface area contributed by atoms with Gasteiger partial charge in [0.2, 0.25) is 11.8 Å². The minimum absolute atomic E-state index is 0.0242. The van der Waals surface area contributed by atoms with Crippen LogP contribution in [-0.2, 0) is 9.59 Å². The van der Waals surface area contributed by atoms with Crippen LogP contribution in [-0.4, -0.2) is 47.6 Å². The van der Waals surface area contributed by atoms with Crippen molar-refractivity contribution in [1.29, 1.82) is 0 Å². The SMILES string of the molecule is CC(=O)NCC(=O)N1CCC(C)C(O)C1. The summed E-state index contributed by atoms with van der Waals surface area (Å²) in [6.07, 6.45) is 0.368. The summed E-state index contributed by atoms with van der Waals surface area (Å²) >= 11 is 0. The Morgan fingerprint density at radius 2 is 2.20 bits per heavy atom. The van der Waals surface area contributed by atoms with E-state index >= 15 is 0 Å². The van der Waals surface area contributed by atoms with Gasteiger partial charge in [-0.1, -0.05) is 6.92 Å². The maximum atomic E-state index is 11.6. The molecule has 1 saturated heterocycles. The number of aliphatic hydroxyl groups is 1. The molecule has 2 N–H and O–H groups in total. The molecule has 15 heavy (non-hydrogen) atoms. The van der Waals surface area contributed by atoms with E-state index in [0.29, 0.717) is 13.1 Å². The number of hydrogen-bond donors (Lipinski definition) is 2. The van der Waals surface area contributed by atoms with Gasteiger partial charge in [0.1, 0.15) is 0 Å². The monoisotopic (exact) mass is 214 g/mol. The van der Waals surface area contributed by atoms with Gasteiger partial charge in [0, 0.05) is 20.0 Å². The van der Waals surface area contributed by atoms with Gasteiger partial charge in [-0.15, -0.1) is 0 Å². The molecule has 2 amide bonds. The lowest BCUT2D eigenvalue weighted by Crippen LogP contribution is -2.48. The highest BCUT2D eigenvalue weighted by Gasteiger charge is 2.26. The highest BCUT2D eigenvalue weighted by atomic mass is 16.3. The molecule has 1 aliphatic rings. The molecule has 5 heteroatoms. The van der Waals surface area contributed by atoms with E-state index in [-0.39, 0.29) is 24.3 Å². The Morgan fingerprint density at radius 3 is 2.73 bits per heavy atom. The molecule has 1 fully saturated rings. The largest absolute Gasteiger partial charge is 0.391 e. The smallest absolute Gasteiger partial charge is 0.242 e. The van der Waals surface area contributed by atoms with Gasteiger partial charge in [-0.25, -0.2) is 0 Å². The summed E-state index contributed by atoms with van der Waals surface area (Å²) in [5.41, 5.74) is 0. The van der Waals surface area contributed by atoms with Crippen LogP contribution in [0.3, 0.4) is 0 Å². The number of carbonyl (C=O) groups is 2. The van der Waals surface area contributed by atoms with E-state index in [1.165, 1.54) is 6.92 Å². The van der Waals surface area contributed by atoms with Crippen LogP contribution >= 0.6 is 0 Å². The Balaban J connectivity index is 2.37. The molecule has 86 valence electrons. The van der Waals surface area contributed by atoms with Crippen molar-refractivity contribution in [2.75, 3.05) is 19.6 Å². The molecule has 1 rings (SSSR count). The summed E-state index contributed by atoms with van der Waals surface area (Å²) in [5.74, 6) is -0.0970. The van der Waals surface area contributed by atoms with Gasteiger partial charge >= 0.3 is 0 Å². The first-order valence-corrected chi connectivity index (χ1v) is 5.21. The van der Waals surface area contributed by atoms with Crippen LogP contribution in [0.5, 0.6) is 0 Å². The van der Waals surface area contributed by atoms with Crippen LogP contribution in [0.4, 0.5) is 0 Å². The molecular formula is C10H18N2O3. The minimum atomic E-state index is -0.444. The third kappa shape index (κ3) is 3.51. The van der Waals surface area contributed by atoms with E-state index in [1.807, 2.05) is 6.92 Å². The van der Waals surface area contributed by atoms with Crippen molar-refractivity contribution in [3.63, 3.8) is 0 Å².